The Labute approximate surface area is 104 Å². The van der Waals surface area contributed by atoms with Crippen LogP contribution in [0, 0.1) is 23.2 Å². The van der Waals surface area contributed by atoms with Gasteiger partial charge in [0.2, 0.25) is 0 Å². The SMILES string of the molecule is C/C=C/C1OCC2(CO)C(C)C=C(C)C1[C@@H]2C. The van der Waals surface area contributed by atoms with Gasteiger partial charge in [0.05, 0.1) is 19.3 Å². The van der Waals surface area contributed by atoms with Crippen LogP contribution in [0.3, 0.4) is 0 Å². The maximum atomic E-state index is 9.81. The van der Waals surface area contributed by atoms with Gasteiger partial charge in [-0.15, -0.1) is 0 Å². The Morgan fingerprint density at radius 3 is 2.82 bits per heavy atom. The minimum Gasteiger partial charge on any atom is -0.396 e. The van der Waals surface area contributed by atoms with Gasteiger partial charge in [-0.25, -0.2) is 0 Å². The molecule has 1 fully saturated rings. The lowest BCUT2D eigenvalue weighted by molar-refractivity contribution is -0.148. The summed E-state index contributed by atoms with van der Waals surface area (Å²) in [5.41, 5.74) is 1.33. The summed E-state index contributed by atoms with van der Waals surface area (Å²) in [6.45, 7) is 9.59. The van der Waals surface area contributed by atoms with Crippen LogP contribution in [0.15, 0.2) is 23.8 Å². The molecule has 17 heavy (non-hydrogen) atoms. The maximum Gasteiger partial charge on any atom is 0.0823 e. The van der Waals surface area contributed by atoms with E-state index in [4.69, 9.17) is 4.74 Å². The normalized spacial score (nSPS) is 46.1. The van der Waals surface area contributed by atoms with Gasteiger partial charge in [-0.05, 0) is 25.7 Å². The fraction of sp³-hybridized carbons (Fsp3) is 0.733. The number of aliphatic hydroxyl groups excluding tert-OH is 1. The summed E-state index contributed by atoms with van der Waals surface area (Å²) in [6.07, 6.45) is 6.73. The van der Waals surface area contributed by atoms with Crippen LogP contribution in [0.5, 0.6) is 0 Å². The minimum atomic E-state index is -0.0811. The molecule has 2 aliphatic rings. The number of fused-ring (bicyclic) bond motifs is 2. The highest BCUT2D eigenvalue weighted by atomic mass is 16.5. The Hall–Kier alpha value is -0.600. The fourth-order valence-corrected chi connectivity index (χ4v) is 3.70. The van der Waals surface area contributed by atoms with Gasteiger partial charge in [-0.2, -0.15) is 0 Å². The van der Waals surface area contributed by atoms with Crippen LogP contribution < -0.4 is 0 Å². The number of hydrogen-bond donors (Lipinski definition) is 1. The third kappa shape index (κ3) is 1.78. The van der Waals surface area contributed by atoms with Gasteiger partial charge >= 0.3 is 0 Å². The van der Waals surface area contributed by atoms with Crippen molar-refractivity contribution in [3.05, 3.63) is 23.8 Å². The molecule has 0 spiro atoms. The summed E-state index contributed by atoms with van der Waals surface area (Å²) in [5.74, 6) is 1.29. The highest BCUT2D eigenvalue weighted by molar-refractivity contribution is 5.22. The van der Waals surface area contributed by atoms with Crippen molar-refractivity contribution in [3.63, 3.8) is 0 Å². The Kier molecular flexibility index (Phi) is 3.46. The summed E-state index contributed by atoms with van der Waals surface area (Å²) in [7, 11) is 0. The van der Waals surface area contributed by atoms with Crippen molar-refractivity contribution < 1.29 is 9.84 Å². The first-order valence-corrected chi connectivity index (χ1v) is 6.60. The van der Waals surface area contributed by atoms with Crippen molar-refractivity contribution in [2.75, 3.05) is 13.2 Å². The predicted molar refractivity (Wildman–Crippen MR) is 69.6 cm³/mol. The largest absolute Gasteiger partial charge is 0.396 e. The van der Waals surface area contributed by atoms with E-state index < -0.39 is 0 Å². The third-order valence-corrected chi connectivity index (χ3v) is 4.97. The van der Waals surface area contributed by atoms with Gasteiger partial charge in [-0.1, -0.05) is 37.6 Å². The molecule has 0 aromatic heterocycles. The van der Waals surface area contributed by atoms with Crippen LogP contribution in [0.4, 0.5) is 0 Å². The molecule has 0 aromatic carbocycles. The minimum absolute atomic E-state index is 0.0811. The molecule has 1 N–H and O–H groups in total. The van der Waals surface area contributed by atoms with E-state index in [2.05, 4.69) is 39.0 Å². The Balaban J connectivity index is 2.40. The van der Waals surface area contributed by atoms with E-state index in [1.165, 1.54) is 5.57 Å². The Morgan fingerprint density at radius 1 is 1.53 bits per heavy atom. The van der Waals surface area contributed by atoms with Gasteiger partial charge in [0, 0.05) is 11.3 Å². The lowest BCUT2D eigenvalue weighted by Crippen LogP contribution is -2.55. The fourth-order valence-electron chi connectivity index (χ4n) is 3.70. The van der Waals surface area contributed by atoms with Crippen LogP contribution in [-0.4, -0.2) is 24.4 Å². The average Bonchev–Trinajstić information content (AvgIpc) is 2.28. The Bertz CT molecular complexity index is 345. The molecule has 2 nitrogen and oxygen atoms in total. The molecule has 2 rings (SSSR count). The lowest BCUT2D eigenvalue weighted by atomic mass is 9.56. The summed E-state index contributed by atoms with van der Waals surface area (Å²) in [5, 5.41) is 9.81. The number of allylic oxidation sites excluding steroid dienone is 2. The van der Waals surface area contributed by atoms with Crippen LogP contribution in [0.25, 0.3) is 0 Å². The molecule has 2 bridgehead atoms. The van der Waals surface area contributed by atoms with E-state index in [1.54, 1.807) is 0 Å². The van der Waals surface area contributed by atoms with E-state index in [0.29, 0.717) is 24.4 Å². The molecule has 0 aromatic rings. The monoisotopic (exact) mass is 236 g/mol. The zero-order valence-electron chi connectivity index (χ0n) is 11.3. The van der Waals surface area contributed by atoms with E-state index in [1.807, 2.05) is 6.92 Å². The molecule has 0 radical (unpaired) electrons. The van der Waals surface area contributed by atoms with Gasteiger partial charge in [0.25, 0.3) is 0 Å². The molecule has 0 saturated carbocycles. The van der Waals surface area contributed by atoms with E-state index >= 15 is 0 Å². The molecule has 5 atom stereocenters. The first-order chi connectivity index (χ1) is 8.06. The smallest absolute Gasteiger partial charge is 0.0823 e. The van der Waals surface area contributed by atoms with Gasteiger partial charge in [-0.3, -0.25) is 0 Å². The molecule has 4 unspecified atom stereocenters. The van der Waals surface area contributed by atoms with Crippen LogP contribution in [0.1, 0.15) is 27.7 Å². The molecule has 0 amide bonds. The summed E-state index contributed by atoms with van der Waals surface area (Å²) >= 11 is 0. The number of ether oxygens (including phenoxy) is 1. The zero-order chi connectivity index (χ0) is 12.6. The maximum absolute atomic E-state index is 9.81. The standard InChI is InChI=1S/C15H24O2/c1-5-6-13-14-10(2)7-11(3)15(8-16,9-17-13)12(14)4/h5-7,11-14,16H,8-9H2,1-4H3/b6-5+/t11?,12-,13?,14?,15?/m0/s1. The number of aliphatic hydroxyl groups is 1. The zero-order valence-corrected chi connectivity index (χ0v) is 11.3. The molecule has 96 valence electrons. The molecule has 1 aliphatic carbocycles. The summed E-state index contributed by atoms with van der Waals surface area (Å²) < 4.78 is 6.00. The quantitative estimate of drug-likeness (QED) is 0.747. The van der Waals surface area contributed by atoms with Crippen LogP contribution in [-0.2, 0) is 4.74 Å². The average molecular weight is 236 g/mol. The van der Waals surface area contributed by atoms with Crippen LogP contribution >= 0.6 is 0 Å². The first-order valence-electron chi connectivity index (χ1n) is 6.60. The molecular formula is C15H24O2. The molecular weight excluding hydrogens is 212 g/mol. The third-order valence-electron chi connectivity index (χ3n) is 4.97. The van der Waals surface area contributed by atoms with Crippen molar-refractivity contribution in [2.45, 2.75) is 33.8 Å². The van der Waals surface area contributed by atoms with Crippen molar-refractivity contribution in [1.82, 2.24) is 0 Å². The molecule has 2 heteroatoms. The number of hydrogen-bond acceptors (Lipinski definition) is 2. The van der Waals surface area contributed by atoms with E-state index in [0.717, 1.165) is 0 Å². The van der Waals surface area contributed by atoms with Crippen LogP contribution in [0.2, 0.25) is 0 Å². The van der Waals surface area contributed by atoms with Crippen molar-refractivity contribution in [2.24, 2.45) is 23.2 Å². The predicted octanol–water partition coefficient (Wildman–Crippen LogP) is 2.79. The molecule has 1 saturated heterocycles. The first kappa shape index (κ1) is 12.8. The van der Waals surface area contributed by atoms with Crippen molar-refractivity contribution in [3.8, 4) is 0 Å². The molecule has 1 aliphatic heterocycles. The van der Waals surface area contributed by atoms with Crippen molar-refractivity contribution >= 4 is 0 Å². The second-order valence-corrected chi connectivity index (χ2v) is 5.71. The highest BCUT2D eigenvalue weighted by Crippen LogP contribution is 2.52. The van der Waals surface area contributed by atoms with Gasteiger partial charge in [0.1, 0.15) is 0 Å². The number of rotatable bonds is 2. The Morgan fingerprint density at radius 2 is 2.24 bits per heavy atom. The van der Waals surface area contributed by atoms with Crippen molar-refractivity contribution in [1.29, 1.82) is 0 Å². The summed E-state index contributed by atoms with van der Waals surface area (Å²) in [6, 6.07) is 0. The molecule has 1 heterocycles. The second kappa shape index (κ2) is 4.58. The summed E-state index contributed by atoms with van der Waals surface area (Å²) in [4.78, 5) is 0. The highest BCUT2D eigenvalue weighted by Gasteiger charge is 2.52. The topological polar surface area (TPSA) is 29.5 Å². The van der Waals surface area contributed by atoms with E-state index in [9.17, 15) is 5.11 Å². The second-order valence-electron chi connectivity index (χ2n) is 5.71. The van der Waals surface area contributed by atoms with Gasteiger partial charge < -0.3 is 9.84 Å². The van der Waals surface area contributed by atoms with Gasteiger partial charge in [0.15, 0.2) is 0 Å². The van der Waals surface area contributed by atoms with E-state index in [-0.39, 0.29) is 18.1 Å². The lowest BCUT2D eigenvalue weighted by Gasteiger charge is -2.54.